The third-order valence-electron chi connectivity index (χ3n) is 6.13. The fraction of sp³-hybridized carbons (Fsp3) is 0.467. The SMILES string of the molecule is CN(Cc1ccc(-c2nnc(-c3nc(C4=CCC(N)CC4)cnc3NC(=O)OC(C)(C)C)o2)cc1)C(=O)OC(C)(C)C. The van der Waals surface area contributed by atoms with Crippen molar-refractivity contribution in [1.29, 1.82) is 0 Å². The number of rotatable bonds is 6. The minimum absolute atomic E-state index is 0.0901. The summed E-state index contributed by atoms with van der Waals surface area (Å²) in [6.07, 6.45) is 4.93. The van der Waals surface area contributed by atoms with E-state index in [4.69, 9.17) is 24.6 Å². The molecule has 224 valence electrons. The van der Waals surface area contributed by atoms with Crippen LogP contribution in [0.4, 0.5) is 15.4 Å². The highest BCUT2D eigenvalue weighted by Gasteiger charge is 2.24. The van der Waals surface area contributed by atoms with Gasteiger partial charge in [-0.05, 0) is 84.1 Å². The summed E-state index contributed by atoms with van der Waals surface area (Å²) in [5, 5.41) is 11.1. The van der Waals surface area contributed by atoms with Crippen molar-refractivity contribution < 1.29 is 23.5 Å². The maximum absolute atomic E-state index is 12.6. The molecule has 2 heterocycles. The summed E-state index contributed by atoms with van der Waals surface area (Å²) < 4.78 is 16.8. The number of hydrogen-bond donors (Lipinski definition) is 2. The van der Waals surface area contributed by atoms with Crippen molar-refractivity contribution in [3.8, 4) is 23.0 Å². The summed E-state index contributed by atoms with van der Waals surface area (Å²) >= 11 is 0. The van der Waals surface area contributed by atoms with Gasteiger partial charge >= 0.3 is 12.2 Å². The van der Waals surface area contributed by atoms with Gasteiger partial charge < -0.3 is 24.5 Å². The molecule has 12 nitrogen and oxygen atoms in total. The molecule has 2 aromatic heterocycles. The van der Waals surface area contributed by atoms with Crippen LogP contribution in [-0.2, 0) is 16.0 Å². The first kappa shape index (κ1) is 30.6. The number of allylic oxidation sites excluding steroid dienone is 1. The fourth-order valence-corrected chi connectivity index (χ4v) is 4.14. The van der Waals surface area contributed by atoms with Crippen LogP contribution in [0.1, 0.15) is 72.1 Å². The zero-order valence-electron chi connectivity index (χ0n) is 25.2. The van der Waals surface area contributed by atoms with Gasteiger partial charge in [-0.15, -0.1) is 10.2 Å². The largest absolute Gasteiger partial charge is 0.444 e. The molecule has 1 unspecified atom stereocenters. The third-order valence-corrected chi connectivity index (χ3v) is 6.13. The minimum Gasteiger partial charge on any atom is -0.444 e. The molecule has 0 spiro atoms. The van der Waals surface area contributed by atoms with E-state index in [2.05, 4.69) is 26.6 Å². The second kappa shape index (κ2) is 12.3. The Morgan fingerprint density at radius 1 is 1.05 bits per heavy atom. The highest BCUT2D eigenvalue weighted by molar-refractivity contribution is 5.88. The van der Waals surface area contributed by atoms with Crippen LogP contribution in [0.25, 0.3) is 28.6 Å². The van der Waals surface area contributed by atoms with E-state index in [0.717, 1.165) is 30.4 Å². The number of hydrogen-bond acceptors (Lipinski definition) is 10. The first-order valence-electron chi connectivity index (χ1n) is 13.9. The molecular formula is C30H39N7O5. The Kier molecular flexibility index (Phi) is 8.95. The van der Waals surface area contributed by atoms with Gasteiger partial charge in [-0.2, -0.15) is 0 Å². The average molecular weight is 578 g/mol. The first-order valence-corrected chi connectivity index (χ1v) is 13.9. The first-order chi connectivity index (χ1) is 19.7. The topological polar surface area (TPSA) is 159 Å². The lowest BCUT2D eigenvalue weighted by Crippen LogP contribution is -2.33. The molecule has 1 aliphatic rings. The van der Waals surface area contributed by atoms with Crippen LogP contribution in [0.2, 0.25) is 0 Å². The number of anilines is 1. The Morgan fingerprint density at radius 3 is 2.33 bits per heavy atom. The predicted octanol–water partition coefficient (Wildman–Crippen LogP) is 5.80. The summed E-state index contributed by atoms with van der Waals surface area (Å²) in [6, 6.07) is 7.52. The number of carbonyl (C=O) groups excluding carboxylic acids is 2. The summed E-state index contributed by atoms with van der Waals surface area (Å²) in [6.45, 7) is 11.2. The van der Waals surface area contributed by atoms with Crippen LogP contribution in [0, 0.1) is 0 Å². The molecule has 3 N–H and O–H groups in total. The molecule has 0 saturated carbocycles. The van der Waals surface area contributed by atoms with E-state index in [0.29, 0.717) is 17.8 Å². The zero-order valence-corrected chi connectivity index (χ0v) is 25.2. The van der Waals surface area contributed by atoms with Gasteiger partial charge in [0.1, 0.15) is 11.2 Å². The number of aromatic nitrogens is 4. The second-order valence-corrected chi connectivity index (χ2v) is 12.3. The molecule has 4 rings (SSSR count). The monoisotopic (exact) mass is 577 g/mol. The minimum atomic E-state index is -0.700. The van der Waals surface area contributed by atoms with E-state index in [1.165, 1.54) is 4.90 Å². The van der Waals surface area contributed by atoms with Gasteiger partial charge in [-0.3, -0.25) is 5.32 Å². The summed E-state index contributed by atoms with van der Waals surface area (Å²) in [4.78, 5) is 35.6. The second-order valence-electron chi connectivity index (χ2n) is 12.3. The molecule has 42 heavy (non-hydrogen) atoms. The molecule has 0 bridgehead atoms. The average Bonchev–Trinajstić information content (AvgIpc) is 3.38. The van der Waals surface area contributed by atoms with E-state index < -0.39 is 23.4 Å². The molecule has 12 heteroatoms. The van der Waals surface area contributed by atoms with Gasteiger partial charge in [0.15, 0.2) is 11.5 Å². The van der Waals surface area contributed by atoms with Crippen molar-refractivity contribution in [2.24, 2.45) is 5.73 Å². The molecule has 1 aromatic carbocycles. The lowest BCUT2D eigenvalue weighted by molar-refractivity contribution is 0.0285. The van der Waals surface area contributed by atoms with Crippen LogP contribution in [0.5, 0.6) is 0 Å². The zero-order chi connectivity index (χ0) is 30.7. The third kappa shape index (κ3) is 8.35. The van der Waals surface area contributed by atoms with Gasteiger partial charge in [0, 0.05) is 25.2 Å². The van der Waals surface area contributed by atoms with Crippen molar-refractivity contribution in [2.45, 2.75) is 84.6 Å². The Morgan fingerprint density at radius 2 is 1.71 bits per heavy atom. The Hall–Kier alpha value is -4.32. The maximum atomic E-state index is 12.6. The van der Waals surface area contributed by atoms with Crippen molar-refractivity contribution in [3.05, 3.63) is 47.8 Å². The number of ether oxygens (including phenoxy) is 2. The number of nitrogens with one attached hydrogen (secondary N) is 1. The molecule has 1 aliphatic carbocycles. The predicted molar refractivity (Wildman–Crippen MR) is 158 cm³/mol. The summed E-state index contributed by atoms with van der Waals surface area (Å²) in [7, 11) is 1.68. The van der Waals surface area contributed by atoms with E-state index in [-0.39, 0.29) is 29.3 Å². The highest BCUT2D eigenvalue weighted by Crippen LogP contribution is 2.31. The van der Waals surface area contributed by atoms with Crippen molar-refractivity contribution in [1.82, 2.24) is 25.1 Å². The fourth-order valence-electron chi connectivity index (χ4n) is 4.14. The molecule has 0 radical (unpaired) electrons. The molecule has 0 fully saturated rings. The number of amides is 2. The lowest BCUT2D eigenvalue weighted by Gasteiger charge is -2.24. The van der Waals surface area contributed by atoms with E-state index in [1.54, 1.807) is 34.0 Å². The Balaban J connectivity index is 1.57. The normalized spacial score (nSPS) is 15.5. The quantitative estimate of drug-likeness (QED) is 0.366. The van der Waals surface area contributed by atoms with Gasteiger partial charge in [0.25, 0.3) is 5.89 Å². The highest BCUT2D eigenvalue weighted by atomic mass is 16.6. The van der Waals surface area contributed by atoms with Crippen molar-refractivity contribution >= 4 is 23.6 Å². The van der Waals surface area contributed by atoms with Crippen LogP contribution in [-0.4, -0.2) is 61.5 Å². The van der Waals surface area contributed by atoms with E-state index in [9.17, 15) is 9.59 Å². The van der Waals surface area contributed by atoms with Crippen LogP contribution < -0.4 is 11.1 Å². The van der Waals surface area contributed by atoms with Crippen LogP contribution >= 0.6 is 0 Å². The molecule has 0 aliphatic heterocycles. The van der Waals surface area contributed by atoms with E-state index >= 15 is 0 Å². The molecular weight excluding hydrogens is 538 g/mol. The van der Waals surface area contributed by atoms with Crippen molar-refractivity contribution in [3.63, 3.8) is 0 Å². The van der Waals surface area contributed by atoms with Crippen LogP contribution in [0.3, 0.4) is 0 Å². The molecule has 2 amide bonds. The number of carbonyl (C=O) groups is 2. The Labute approximate surface area is 245 Å². The molecule has 0 saturated heterocycles. The Bertz CT molecular complexity index is 1450. The van der Waals surface area contributed by atoms with Gasteiger partial charge in [-0.25, -0.2) is 19.6 Å². The smallest absolute Gasteiger partial charge is 0.413 e. The van der Waals surface area contributed by atoms with Gasteiger partial charge in [0.05, 0.1) is 11.9 Å². The number of nitrogens with two attached hydrogens (primary N) is 1. The number of benzene rings is 1. The van der Waals surface area contributed by atoms with Crippen molar-refractivity contribution in [2.75, 3.05) is 12.4 Å². The molecule has 3 aromatic rings. The van der Waals surface area contributed by atoms with Gasteiger partial charge in [0.2, 0.25) is 5.89 Å². The van der Waals surface area contributed by atoms with Gasteiger partial charge in [-0.1, -0.05) is 18.2 Å². The lowest BCUT2D eigenvalue weighted by atomic mass is 9.94. The van der Waals surface area contributed by atoms with Crippen LogP contribution in [0.15, 0.2) is 41.0 Å². The summed E-state index contributed by atoms with van der Waals surface area (Å²) in [5.41, 5.74) is 8.24. The maximum Gasteiger partial charge on any atom is 0.413 e. The van der Waals surface area contributed by atoms with E-state index in [1.807, 2.05) is 45.0 Å². The molecule has 1 atom stereocenters. The number of nitrogens with zero attached hydrogens (tertiary/aromatic N) is 5. The summed E-state index contributed by atoms with van der Waals surface area (Å²) in [5.74, 6) is 0.486. The standard InChI is InChI=1S/C30H39N7O5/c1-29(2,3)41-27(38)34-24-23(33-22(16-32-24)19-12-14-21(31)15-13-19)26-36-35-25(40-26)20-10-8-18(9-11-20)17-37(7)28(39)42-30(4,5)6/h8-12,16,21H,13-15,17,31H2,1-7H3,(H,32,34,38).